The molecule has 0 bridgehead atoms. The van der Waals surface area contributed by atoms with Crippen LogP contribution in [0.5, 0.6) is 0 Å². The lowest BCUT2D eigenvalue weighted by molar-refractivity contribution is -0.138. The molecule has 1 aliphatic heterocycles. The lowest BCUT2D eigenvalue weighted by Gasteiger charge is -2.25. The van der Waals surface area contributed by atoms with Crippen molar-refractivity contribution in [2.45, 2.75) is 43.9 Å². The molecule has 2 heterocycles. The molecule has 3 aromatic rings. The Morgan fingerprint density at radius 3 is 2.47 bits per heavy atom. The van der Waals surface area contributed by atoms with Gasteiger partial charge in [-0.15, -0.1) is 0 Å². The number of nitrogens with one attached hydrogen (secondary N) is 1. The topological polar surface area (TPSA) is 109 Å². The highest BCUT2D eigenvalue weighted by molar-refractivity contribution is 5.88. The predicted molar refractivity (Wildman–Crippen MR) is 130 cm³/mol. The van der Waals surface area contributed by atoms with Gasteiger partial charge < -0.3 is 21.1 Å². The predicted octanol–water partition coefficient (Wildman–Crippen LogP) is 2.79. The van der Waals surface area contributed by atoms with Crippen molar-refractivity contribution < 1.29 is 14.7 Å². The van der Waals surface area contributed by atoms with E-state index in [4.69, 9.17) is 5.73 Å². The Balaban J connectivity index is 1.46. The van der Waals surface area contributed by atoms with Gasteiger partial charge in [-0.3, -0.25) is 9.59 Å². The van der Waals surface area contributed by atoms with Gasteiger partial charge in [-0.2, -0.15) is 0 Å². The van der Waals surface area contributed by atoms with E-state index in [2.05, 4.69) is 10.3 Å². The molecule has 0 saturated carbocycles. The highest BCUT2D eigenvalue weighted by Gasteiger charge is 2.48. The molecule has 176 valence electrons. The maximum Gasteiger partial charge on any atom is 0.243 e. The van der Waals surface area contributed by atoms with Crippen LogP contribution in [-0.4, -0.2) is 39.4 Å². The quantitative estimate of drug-likeness (QED) is 0.481. The zero-order valence-corrected chi connectivity index (χ0v) is 19.1. The minimum atomic E-state index is -1.28. The summed E-state index contributed by atoms with van der Waals surface area (Å²) in [6, 6.07) is 22.0. The minimum Gasteiger partial charge on any atom is -0.384 e. The minimum absolute atomic E-state index is 0.0848. The number of aliphatic hydroxyl groups is 1. The van der Waals surface area contributed by atoms with Gasteiger partial charge in [0.15, 0.2) is 0 Å². The Hall–Kier alpha value is -3.71. The second-order valence-electron chi connectivity index (χ2n) is 8.79. The molecule has 1 aromatic heterocycles. The SMILES string of the molecule is Nc1cc(CNC(=O)[C@@H]2C[C@@](O)(c3ccccc3)CN2C(=O)CCCc2ccccc2)ccn1. The van der Waals surface area contributed by atoms with Crippen molar-refractivity contribution in [1.82, 2.24) is 15.2 Å². The average molecular weight is 459 g/mol. The smallest absolute Gasteiger partial charge is 0.243 e. The largest absolute Gasteiger partial charge is 0.384 e. The normalized spacial score (nSPS) is 19.7. The number of rotatable bonds is 8. The summed E-state index contributed by atoms with van der Waals surface area (Å²) in [7, 11) is 0. The number of likely N-dealkylation sites (tertiary alicyclic amines) is 1. The third-order valence-electron chi connectivity index (χ3n) is 6.28. The van der Waals surface area contributed by atoms with Crippen molar-refractivity contribution in [3.8, 4) is 0 Å². The molecule has 1 fully saturated rings. The summed E-state index contributed by atoms with van der Waals surface area (Å²) in [5.41, 5.74) is 7.14. The fourth-order valence-electron chi connectivity index (χ4n) is 4.48. The van der Waals surface area contributed by atoms with Gasteiger partial charge in [0.25, 0.3) is 0 Å². The van der Waals surface area contributed by atoms with E-state index in [9.17, 15) is 14.7 Å². The standard InChI is InChI=1S/C27H30N4O3/c28-24-16-21(14-15-29-24)18-30-26(33)23-17-27(34,22-11-5-2-6-12-22)19-31(23)25(32)13-7-10-20-8-3-1-4-9-20/h1-6,8-9,11-12,14-16,23,34H,7,10,13,17-19H2,(H2,28,29)(H,30,33)/t23-,27-/m0/s1. The van der Waals surface area contributed by atoms with Crippen LogP contribution in [0.15, 0.2) is 79.0 Å². The van der Waals surface area contributed by atoms with Crippen LogP contribution < -0.4 is 11.1 Å². The number of carbonyl (C=O) groups excluding carboxylic acids is 2. The van der Waals surface area contributed by atoms with Gasteiger partial charge in [0.1, 0.15) is 17.5 Å². The van der Waals surface area contributed by atoms with Crippen molar-refractivity contribution in [2.75, 3.05) is 12.3 Å². The van der Waals surface area contributed by atoms with E-state index < -0.39 is 11.6 Å². The highest BCUT2D eigenvalue weighted by atomic mass is 16.3. The zero-order chi connectivity index (χ0) is 24.0. The molecule has 0 aliphatic carbocycles. The molecule has 4 rings (SSSR count). The van der Waals surface area contributed by atoms with E-state index in [0.29, 0.717) is 24.2 Å². The summed E-state index contributed by atoms with van der Waals surface area (Å²) >= 11 is 0. The lowest BCUT2D eigenvalue weighted by atomic mass is 9.91. The molecule has 2 amide bonds. The summed E-state index contributed by atoms with van der Waals surface area (Å²) < 4.78 is 0. The number of benzene rings is 2. The maximum atomic E-state index is 13.2. The Bertz CT molecular complexity index is 1120. The number of hydrogen-bond donors (Lipinski definition) is 3. The second-order valence-corrected chi connectivity index (χ2v) is 8.79. The van der Waals surface area contributed by atoms with Crippen LogP contribution in [0, 0.1) is 0 Å². The van der Waals surface area contributed by atoms with Crippen molar-refractivity contribution in [3.63, 3.8) is 0 Å². The molecule has 0 radical (unpaired) electrons. The van der Waals surface area contributed by atoms with Crippen LogP contribution in [0.3, 0.4) is 0 Å². The molecule has 4 N–H and O–H groups in total. The Morgan fingerprint density at radius 2 is 1.76 bits per heavy atom. The molecular formula is C27H30N4O3. The first-order chi connectivity index (χ1) is 16.4. The Morgan fingerprint density at radius 1 is 1.06 bits per heavy atom. The number of nitrogen functional groups attached to an aromatic ring is 1. The van der Waals surface area contributed by atoms with Gasteiger partial charge >= 0.3 is 0 Å². The number of aryl methyl sites for hydroxylation is 1. The molecular weight excluding hydrogens is 428 g/mol. The van der Waals surface area contributed by atoms with Gasteiger partial charge in [-0.05, 0) is 41.7 Å². The number of pyridine rings is 1. The monoisotopic (exact) mass is 458 g/mol. The first kappa shape index (κ1) is 23.4. The molecule has 0 unspecified atom stereocenters. The van der Waals surface area contributed by atoms with E-state index in [1.165, 1.54) is 10.5 Å². The molecule has 2 aromatic carbocycles. The summed E-state index contributed by atoms with van der Waals surface area (Å²) in [6.07, 6.45) is 3.50. The number of anilines is 1. The molecule has 0 spiro atoms. The van der Waals surface area contributed by atoms with Gasteiger partial charge in [0, 0.05) is 25.6 Å². The number of hydrogen-bond acceptors (Lipinski definition) is 5. The first-order valence-electron chi connectivity index (χ1n) is 11.5. The number of β-amino-alcohol motifs (C(OH)–C–C–N with tert-alkyl or cyclic N) is 1. The van der Waals surface area contributed by atoms with E-state index in [1.54, 1.807) is 18.3 Å². The Kier molecular flexibility index (Phi) is 7.23. The van der Waals surface area contributed by atoms with Crippen LogP contribution in [0.25, 0.3) is 0 Å². The molecule has 7 heteroatoms. The first-order valence-corrected chi connectivity index (χ1v) is 11.5. The van der Waals surface area contributed by atoms with E-state index in [0.717, 1.165) is 12.0 Å². The molecule has 7 nitrogen and oxygen atoms in total. The number of amides is 2. The number of carbonyl (C=O) groups is 2. The highest BCUT2D eigenvalue weighted by Crippen LogP contribution is 2.36. The average Bonchev–Trinajstić information content (AvgIpc) is 3.23. The van der Waals surface area contributed by atoms with Gasteiger partial charge in [-0.25, -0.2) is 4.98 Å². The molecule has 34 heavy (non-hydrogen) atoms. The number of nitrogens with two attached hydrogens (primary N) is 1. The fourth-order valence-corrected chi connectivity index (χ4v) is 4.48. The fraction of sp³-hybridized carbons (Fsp3) is 0.296. The van der Waals surface area contributed by atoms with Crippen molar-refractivity contribution in [1.29, 1.82) is 0 Å². The van der Waals surface area contributed by atoms with E-state index >= 15 is 0 Å². The zero-order valence-electron chi connectivity index (χ0n) is 19.1. The van der Waals surface area contributed by atoms with Crippen LogP contribution >= 0.6 is 0 Å². The third-order valence-corrected chi connectivity index (χ3v) is 6.28. The van der Waals surface area contributed by atoms with Crippen molar-refractivity contribution in [3.05, 3.63) is 95.7 Å². The molecule has 1 saturated heterocycles. The Labute approximate surface area is 199 Å². The summed E-state index contributed by atoms with van der Waals surface area (Å²) in [6.45, 7) is 0.351. The van der Waals surface area contributed by atoms with Gasteiger partial charge in [0.05, 0.1) is 6.54 Å². The molecule has 2 atom stereocenters. The van der Waals surface area contributed by atoms with Crippen molar-refractivity contribution >= 4 is 17.6 Å². The van der Waals surface area contributed by atoms with Gasteiger partial charge in [0.2, 0.25) is 11.8 Å². The van der Waals surface area contributed by atoms with E-state index in [-0.39, 0.29) is 31.3 Å². The van der Waals surface area contributed by atoms with Crippen molar-refractivity contribution in [2.24, 2.45) is 0 Å². The summed E-state index contributed by atoms with van der Waals surface area (Å²) in [5.74, 6) is -0.0453. The summed E-state index contributed by atoms with van der Waals surface area (Å²) in [4.78, 5) is 31.9. The third kappa shape index (κ3) is 5.61. The number of nitrogens with zero attached hydrogens (tertiary/aromatic N) is 2. The van der Waals surface area contributed by atoms with Crippen LogP contribution in [0.1, 0.15) is 36.0 Å². The van der Waals surface area contributed by atoms with E-state index in [1.807, 2.05) is 60.7 Å². The van der Waals surface area contributed by atoms with Crippen LogP contribution in [0.2, 0.25) is 0 Å². The summed E-state index contributed by atoms with van der Waals surface area (Å²) in [5, 5.41) is 14.3. The maximum absolute atomic E-state index is 13.2. The van der Waals surface area contributed by atoms with Gasteiger partial charge in [-0.1, -0.05) is 60.7 Å². The molecule has 1 aliphatic rings. The number of aromatic nitrogens is 1. The lowest BCUT2D eigenvalue weighted by Crippen LogP contribution is -2.45. The second kappa shape index (κ2) is 10.5. The van der Waals surface area contributed by atoms with Crippen LogP contribution in [-0.2, 0) is 28.2 Å². The van der Waals surface area contributed by atoms with Crippen LogP contribution in [0.4, 0.5) is 5.82 Å².